The number of carbonyl (C=O) groups is 2. The molecule has 1 aliphatic heterocycles. The second-order valence-corrected chi connectivity index (χ2v) is 6.70. The van der Waals surface area contributed by atoms with Crippen molar-refractivity contribution in [3.05, 3.63) is 60.1 Å². The van der Waals surface area contributed by atoms with Crippen LogP contribution in [0.15, 0.2) is 48.7 Å². The molecule has 1 atom stereocenters. The second-order valence-electron chi connectivity index (χ2n) is 6.70. The van der Waals surface area contributed by atoms with Gasteiger partial charge in [0.2, 0.25) is 0 Å². The summed E-state index contributed by atoms with van der Waals surface area (Å²) in [4.78, 5) is 23.3. The monoisotopic (exact) mass is 443 g/mol. The van der Waals surface area contributed by atoms with Crippen molar-refractivity contribution >= 4 is 11.9 Å². The number of nitrogens with zero attached hydrogens (tertiary/aromatic N) is 2. The van der Waals surface area contributed by atoms with Gasteiger partial charge in [0.25, 0.3) is 5.88 Å². The van der Waals surface area contributed by atoms with Crippen LogP contribution in [0, 0.1) is 23.1 Å². The first kappa shape index (κ1) is 24.3. The van der Waals surface area contributed by atoms with Gasteiger partial charge >= 0.3 is 11.9 Å². The molecule has 0 radical (unpaired) electrons. The van der Waals surface area contributed by atoms with Gasteiger partial charge in [-0.15, -0.1) is 0 Å². The van der Waals surface area contributed by atoms with Crippen LogP contribution in [0.4, 0.5) is 4.39 Å². The van der Waals surface area contributed by atoms with Crippen LogP contribution < -0.4 is 14.8 Å². The van der Waals surface area contributed by atoms with E-state index in [2.05, 4.69) is 10.3 Å². The molecule has 1 aromatic carbocycles. The van der Waals surface area contributed by atoms with Gasteiger partial charge in [-0.2, -0.15) is 5.26 Å². The number of carboxylic acids is 2. The molecule has 2 heterocycles. The number of aromatic nitrogens is 1. The van der Waals surface area contributed by atoms with E-state index >= 15 is 0 Å². The molecule has 168 valence electrons. The number of pyridine rings is 1. The maximum atomic E-state index is 13.7. The number of ether oxygens (including phenoxy) is 2. The Balaban J connectivity index is 0.000000390. The molecule has 32 heavy (non-hydrogen) atoms. The molecule has 0 aliphatic carbocycles. The van der Waals surface area contributed by atoms with Crippen LogP contribution in [-0.2, 0) is 9.59 Å². The van der Waals surface area contributed by atoms with Crippen molar-refractivity contribution in [3.63, 3.8) is 0 Å². The van der Waals surface area contributed by atoms with Crippen LogP contribution in [0.3, 0.4) is 0 Å². The molecule has 0 spiro atoms. The van der Waals surface area contributed by atoms with Crippen molar-refractivity contribution in [2.75, 3.05) is 19.7 Å². The number of hydrogen-bond acceptors (Lipinski definition) is 7. The predicted octanol–water partition coefficient (Wildman–Crippen LogP) is 2.97. The lowest BCUT2D eigenvalue weighted by Crippen LogP contribution is -2.33. The number of aliphatic carboxylic acids is 2. The van der Waals surface area contributed by atoms with Gasteiger partial charge in [0.1, 0.15) is 17.6 Å². The van der Waals surface area contributed by atoms with Crippen molar-refractivity contribution < 1.29 is 33.7 Å². The van der Waals surface area contributed by atoms with Gasteiger partial charge in [0.05, 0.1) is 12.2 Å². The highest BCUT2D eigenvalue weighted by molar-refractivity contribution is 5.89. The molecule has 0 amide bonds. The van der Waals surface area contributed by atoms with Crippen molar-refractivity contribution in [1.82, 2.24) is 10.3 Å². The number of nitrogens with one attached hydrogen (secondary N) is 1. The Labute approximate surface area is 183 Å². The maximum absolute atomic E-state index is 13.7. The molecule has 10 heteroatoms. The van der Waals surface area contributed by atoms with E-state index in [1.54, 1.807) is 24.4 Å². The normalized spacial score (nSPS) is 15.2. The molecule has 1 aliphatic rings. The number of piperidine rings is 1. The third-order valence-corrected chi connectivity index (χ3v) is 4.25. The highest BCUT2D eigenvalue weighted by Gasteiger charge is 2.16. The van der Waals surface area contributed by atoms with E-state index in [9.17, 15) is 14.0 Å². The molecule has 2 aromatic rings. The third kappa shape index (κ3) is 8.41. The Kier molecular flexibility index (Phi) is 9.62. The van der Waals surface area contributed by atoms with Gasteiger partial charge in [-0.1, -0.05) is 0 Å². The summed E-state index contributed by atoms with van der Waals surface area (Å²) in [7, 11) is 0. The van der Waals surface area contributed by atoms with Crippen molar-refractivity contribution in [3.8, 4) is 23.4 Å². The smallest absolute Gasteiger partial charge is 0.328 e. The highest BCUT2D eigenvalue weighted by atomic mass is 19.1. The molecule has 3 N–H and O–H groups in total. The Bertz CT molecular complexity index is 983. The Morgan fingerprint density at radius 1 is 1.28 bits per heavy atom. The number of carboxylic acid groups (broad SMARTS) is 2. The molecule has 3 rings (SSSR count). The lowest BCUT2D eigenvalue weighted by molar-refractivity contribution is -0.134. The summed E-state index contributed by atoms with van der Waals surface area (Å²) in [6, 6.07) is 9.40. The zero-order chi connectivity index (χ0) is 23.3. The van der Waals surface area contributed by atoms with Gasteiger partial charge in [-0.3, -0.25) is 0 Å². The Morgan fingerprint density at radius 3 is 2.62 bits per heavy atom. The minimum absolute atomic E-state index is 0.0235. The van der Waals surface area contributed by atoms with Gasteiger partial charge < -0.3 is 25.0 Å². The quantitative estimate of drug-likeness (QED) is 0.551. The first-order valence-electron chi connectivity index (χ1n) is 9.69. The number of nitriles is 1. The third-order valence-electron chi connectivity index (χ3n) is 4.25. The molecule has 0 saturated carbocycles. The fourth-order valence-corrected chi connectivity index (χ4v) is 2.74. The van der Waals surface area contributed by atoms with E-state index in [4.69, 9.17) is 24.9 Å². The van der Waals surface area contributed by atoms with Crippen molar-refractivity contribution in [2.24, 2.45) is 5.92 Å². The summed E-state index contributed by atoms with van der Waals surface area (Å²) in [6.45, 7) is 2.58. The van der Waals surface area contributed by atoms with Crippen LogP contribution in [0.5, 0.6) is 17.4 Å². The lowest BCUT2D eigenvalue weighted by Gasteiger charge is -2.23. The lowest BCUT2D eigenvalue weighted by atomic mass is 10.0. The predicted molar refractivity (Wildman–Crippen MR) is 111 cm³/mol. The largest absolute Gasteiger partial charge is 0.488 e. The summed E-state index contributed by atoms with van der Waals surface area (Å²) in [5.74, 6) is -1.60. The van der Waals surface area contributed by atoms with Gasteiger partial charge in [0, 0.05) is 36.9 Å². The van der Waals surface area contributed by atoms with E-state index < -0.39 is 17.8 Å². The highest BCUT2D eigenvalue weighted by Crippen LogP contribution is 2.30. The molecular weight excluding hydrogens is 421 g/mol. The second kappa shape index (κ2) is 12.7. The van der Waals surface area contributed by atoms with Crippen molar-refractivity contribution in [2.45, 2.75) is 12.8 Å². The van der Waals surface area contributed by atoms with E-state index in [-0.39, 0.29) is 17.2 Å². The molecule has 9 nitrogen and oxygen atoms in total. The van der Waals surface area contributed by atoms with E-state index in [0.717, 1.165) is 25.9 Å². The number of hydrogen-bond donors (Lipinski definition) is 3. The minimum Gasteiger partial charge on any atom is -0.488 e. The maximum Gasteiger partial charge on any atom is 0.328 e. The molecule has 1 fully saturated rings. The van der Waals surface area contributed by atoms with Crippen LogP contribution in [0.2, 0.25) is 0 Å². The zero-order valence-corrected chi connectivity index (χ0v) is 17.0. The molecular formula is C22H22FN3O6. The summed E-state index contributed by atoms with van der Waals surface area (Å²) in [5.41, 5.74) is -0.0235. The molecule has 1 saturated heterocycles. The fourth-order valence-electron chi connectivity index (χ4n) is 2.74. The Hall–Kier alpha value is -3.97. The fraction of sp³-hybridized carbons (Fsp3) is 0.273. The minimum atomic E-state index is -1.26. The summed E-state index contributed by atoms with van der Waals surface area (Å²) in [6.07, 6.45) is 4.98. The molecule has 0 unspecified atom stereocenters. The van der Waals surface area contributed by atoms with E-state index in [1.807, 2.05) is 0 Å². The van der Waals surface area contributed by atoms with Gasteiger partial charge in [-0.25, -0.2) is 19.0 Å². The van der Waals surface area contributed by atoms with E-state index in [1.165, 1.54) is 18.2 Å². The summed E-state index contributed by atoms with van der Waals surface area (Å²) >= 11 is 0. The van der Waals surface area contributed by atoms with Gasteiger partial charge in [0.15, 0.2) is 5.75 Å². The van der Waals surface area contributed by atoms with Crippen LogP contribution in [0.1, 0.15) is 18.4 Å². The SMILES string of the molecule is N#Cc1ccc(Oc2ncccc2OC[C@H]2CCCNC2)cc1F.O=C(O)/C=C/C(=O)O. The number of halogens is 1. The van der Waals surface area contributed by atoms with Crippen LogP contribution in [-0.4, -0.2) is 46.8 Å². The summed E-state index contributed by atoms with van der Waals surface area (Å²) < 4.78 is 25.2. The van der Waals surface area contributed by atoms with Crippen molar-refractivity contribution in [1.29, 1.82) is 5.26 Å². The summed E-state index contributed by atoms with van der Waals surface area (Å²) in [5, 5.41) is 27.7. The first-order valence-corrected chi connectivity index (χ1v) is 9.69. The molecule has 1 aromatic heterocycles. The topological polar surface area (TPSA) is 142 Å². The molecule has 0 bridgehead atoms. The Morgan fingerprint density at radius 2 is 2.03 bits per heavy atom. The van der Waals surface area contributed by atoms with E-state index in [0.29, 0.717) is 30.4 Å². The zero-order valence-electron chi connectivity index (χ0n) is 17.0. The number of benzene rings is 1. The van der Waals surface area contributed by atoms with Crippen LogP contribution >= 0.6 is 0 Å². The average Bonchev–Trinajstić information content (AvgIpc) is 2.78. The van der Waals surface area contributed by atoms with Gasteiger partial charge in [-0.05, 0) is 43.7 Å². The average molecular weight is 443 g/mol. The number of rotatable bonds is 7. The standard InChI is InChI=1S/C18H18FN3O2.C4H4O4/c19-16-9-15(6-5-14(16)10-20)24-18-17(4-2-8-22-18)23-12-13-3-1-7-21-11-13;5-3(6)1-2-4(7)8/h2,4-6,8-9,13,21H,1,3,7,11-12H2;1-2H,(H,5,6)(H,7,8)/b;2-1+/t13-;/m0./s1. The van der Waals surface area contributed by atoms with Crippen LogP contribution in [0.25, 0.3) is 0 Å². The first-order chi connectivity index (χ1) is 15.4.